The Bertz CT molecular complexity index is 901. The lowest BCUT2D eigenvalue weighted by Gasteiger charge is -2.16. The normalized spacial score (nSPS) is 17.4. The number of likely N-dealkylation sites (tertiary alicyclic amines) is 1. The quantitative estimate of drug-likeness (QED) is 0.792. The summed E-state index contributed by atoms with van der Waals surface area (Å²) < 4.78 is 13.4. The summed E-state index contributed by atoms with van der Waals surface area (Å²) in [7, 11) is 0. The van der Waals surface area contributed by atoms with Crippen LogP contribution in [-0.2, 0) is 6.42 Å². The Morgan fingerprint density at radius 1 is 1.36 bits per heavy atom. The number of fused-ring (bicyclic) bond motifs is 1. The highest BCUT2D eigenvalue weighted by molar-refractivity contribution is 5.97. The van der Waals surface area contributed by atoms with Gasteiger partial charge in [-0.3, -0.25) is 4.79 Å². The largest absolute Gasteiger partial charge is 0.337 e. The van der Waals surface area contributed by atoms with Crippen molar-refractivity contribution in [1.82, 2.24) is 14.9 Å². The first kappa shape index (κ1) is 15.8. The summed E-state index contributed by atoms with van der Waals surface area (Å²) in [6.07, 6.45) is 3.56. The summed E-state index contributed by atoms with van der Waals surface area (Å²) >= 11 is 0. The monoisotopic (exact) mass is 337 g/mol. The van der Waals surface area contributed by atoms with Crippen LogP contribution in [-0.4, -0.2) is 33.9 Å². The van der Waals surface area contributed by atoms with Gasteiger partial charge in [-0.05, 0) is 61.1 Å². The van der Waals surface area contributed by atoms with Gasteiger partial charge in [-0.15, -0.1) is 0 Å². The average molecular weight is 337 g/mol. The molecule has 1 unspecified atom stereocenters. The van der Waals surface area contributed by atoms with Gasteiger partial charge in [0.2, 0.25) is 0 Å². The molecule has 1 aromatic carbocycles. The molecule has 1 aliphatic rings. The molecular formula is C20H20FN3O. The highest BCUT2D eigenvalue weighted by Gasteiger charge is 2.28. The van der Waals surface area contributed by atoms with Crippen LogP contribution in [0.5, 0.6) is 0 Å². The third-order valence-electron chi connectivity index (χ3n) is 4.94. The SMILES string of the molecule is Cc1cc(CC2CCN(C(=O)c3cc4cccnc4[nH]3)C2)ccc1F. The Labute approximate surface area is 145 Å². The number of nitrogens with one attached hydrogen (secondary N) is 1. The van der Waals surface area contributed by atoms with Gasteiger partial charge in [0.25, 0.3) is 5.91 Å². The summed E-state index contributed by atoms with van der Waals surface area (Å²) in [5.74, 6) is 0.270. The first-order valence-corrected chi connectivity index (χ1v) is 8.58. The lowest BCUT2D eigenvalue weighted by molar-refractivity contribution is 0.0782. The van der Waals surface area contributed by atoms with E-state index in [9.17, 15) is 9.18 Å². The van der Waals surface area contributed by atoms with Crippen molar-refractivity contribution in [2.24, 2.45) is 5.92 Å². The number of aromatic amines is 1. The fraction of sp³-hybridized carbons (Fsp3) is 0.300. The molecule has 1 fully saturated rings. The van der Waals surface area contributed by atoms with E-state index in [0.29, 0.717) is 17.2 Å². The number of aromatic nitrogens is 2. The van der Waals surface area contributed by atoms with Crippen LogP contribution >= 0.6 is 0 Å². The van der Waals surface area contributed by atoms with Crippen molar-refractivity contribution in [3.63, 3.8) is 0 Å². The summed E-state index contributed by atoms with van der Waals surface area (Å²) in [6, 6.07) is 10.9. The molecule has 2 aromatic heterocycles. The van der Waals surface area contributed by atoms with Crippen LogP contribution in [0.15, 0.2) is 42.6 Å². The van der Waals surface area contributed by atoms with Crippen LogP contribution in [0.1, 0.15) is 28.0 Å². The third-order valence-corrected chi connectivity index (χ3v) is 4.94. The molecule has 4 rings (SSSR count). The molecule has 1 atom stereocenters. The van der Waals surface area contributed by atoms with Crippen LogP contribution in [0.2, 0.25) is 0 Å². The van der Waals surface area contributed by atoms with E-state index in [0.717, 1.165) is 42.5 Å². The molecule has 1 aliphatic heterocycles. The summed E-state index contributed by atoms with van der Waals surface area (Å²) in [5.41, 5.74) is 3.14. The second kappa shape index (κ2) is 6.31. The number of H-pyrrole nitrogens is 1. The smallest absolute Gasteiger partial charge is 0.270 e. The highest BCUT2D eigenvalue weighted by Crippen LogP contribution is 2.24. The van der Waals surface area contributed by atoms with Gasteiger partial charge >= 0.3 is 0 Å². The minimum Gasteiger partial charge on any atom is -0.337 e. The van der Waals surface area contributed by atoms with Crippen molar-refractivity contribution in [3.8, 4) is 0 Å². The molecular weight excluding hydrogens is 317 g/mol. The first-order chi connectivity index (χ1) is 12.1. The van der Waals surface area contributed by atoms with Gasteiger partial charge < -0.3 is 9.88 Å². The molecule has 0 bridgehead atoms. The van der Waals surface area contributed by atoms with E-state index in [1.54, 1.807) is 13.1 Å². The van der Waals surface area contributed by atoms with E-state index >= 15 is 0 Å². The standard InChI is InChI=1S/C20H20FN3O/c1-13-9-14(4-5-17(13)21)10-15-6-8-24(12-15)20(25)18-11-16-3-2-7-22-19(16)23-18/h2-5,7,9,11,15H,6,8,10,12H2,1H3,(H,22,23). The average Bonchev–Trinajstić information content (AvgIpc) is 3.24. The molecule has 5 heteroatoms. The lowest BCUT2D eigenvalue weighted by atomic mass is 9.97. The van der Waals surface area contributed by atoms with Gasteiger partial charge in [0.1, 0.15) is 17.2 Å². The molecule has 3 heterocycles. The van der Waals surface area contributed by atoms with Crippen LogP contribution in [0.25, 0.3) is 11.0 Å². The summed E-state index contributed by atoms with van der Waals surface area (Å²) in [5, 5.41) is 0.948. The van der Waals surface area contributed by atoms with E-state index in [2.05, 4.69) is 9.97 Å². The Morgan fingerprint density at radius 2 is 2.24 bits per heavy atom. The highest BCUT2D eigenvalue weighted by atomic mass is 19.1. The molecule has 4 nitrogen and oxygen atoms in total. The zero-order chi connectivity index (χ0) is 17.4. The number of amides is 1. The van der Waals surface area contributed by atoms with E-state index in [4.69, 9.17) is 0 Å². The van der Waals surface area contributed by atoms with Gasteiger partial charge in [-0.2, -0.15) is 0 Å². The number of carbonyl (C=O) groups is 1. The molecule has 0 spiro atoms. The fourth-order valence-electron chi connectivity index (χ4n) is 3.59. The van der Waals surface area contributed by atoms with Crippen LogP contribution in [0, 0.1) is 18.7 Å². The molecule has 3 aromatic rings. The lowest BCUT2D eigenvalue weighted by Crippen LogP contribution is -2.29. The predicted octanol–water partition coefficient (Wildman–Crippen LogP) is 3.72. The molecule has 0 aliphatic carbocycles. The van der Waals surface area contributed by atoms with Gasteiger partial charge in [-0.25, -0.2) is 9.37 Å². The molecule has 0 radical (unpaired) electrons. The Morgan fingerprint density at radius 3 is 3.04 bits per heavy atom. The number of carbonyl (C=O) groups excluding carboxylic acids is 1. The van der Waals surface area contributed by atoms with Crippen LogP contribution < -0.4 is 0 Å². The Hall–Kier alpha value is -2.69. The number of pyridine rings is 1. The number of rotatable bonds is 3. The van der Waals surface area contributed by atoms with Gasteiger partial charge in [0, 0.05) is 24.7 Å². The third kappa shape index (κ3) is 3.14. The zero-order valence-corrected chi connectivity index (χ0v) is 14.1. The Balaban J connectivity index is 1.44. The molecule has 1 N–H and O–H groups in total. The molecule has 1 saturated heterocycles. The van der Waals surface area contributed by atoms with Crippen molar-refractivity contribution < 1.29 is 9.18 Å². The minimum absolute atomic E-state index is 0.0239. The maximum atomic E-state index is 13.4. The van der Waals surface area contributed by atoms with Crippen molar-refractivity contribution >= 4 is 16.9 Å². The van der Waals surface area contributed by atoms with Crippen molar-refractivity contribution in [2.75, 3.05) is 13.1 Å². The molecule has 128 valence electrons. The Kier molecular flexibility index (Phi) is 3.99. The van der Waals surface area contributed by atoms with Gasteiger partial charge in [0.05, 0.1) is 0 Å². The van der Waals surface area contributed by atoms with Gasteiger partial charge in [0.15, 0.2) is 0 Å². The van der Waals surface area contributed by atoms with E-state index in [-0.39, 0.29) is 11.7 Å². The predicted molar refractivity (Wildman–Crippen MR) is 94.9 cm³/mol. The van der Waals surface area contributed by atoms with Crippen molar-refractivity contribution in [2.45, 2.75) is 19.8 Å². The maximum absolute atomic E-state index is 13.4. The van der Waals surface area contributed by atoms with E-state index in [1.807, 2.05) is 35.2 Å². The van der Waals surface area contributed by atoms with Crippen LogP contribution in [0.4, 0.5) is 4.39 Å². The molecule has 25 heavy (non-hydrogen) atoms. The number of hydrogen-bond donors (Lipinski definition) is 1. The molecule has 1 amide bonds. The molecule has 0 saturated carbocycles. The van der Waals surface area contributed by atoms with Crippen LogP contribution in [0.3, 0.4) is 0 Å². The summed E-state index contributed by atoms with van der Waals surface area (Å²) in [6.45, 7) is 3.28. The van der Waals surface area contributed by atoms with Gasteiger partial charge in [-0.1, -0.05) is 12.1 Å². The number of benzene rings is 1. The zero-order valence-electron chi connectivity index (χ0n) is 14.1. The number of aryl methyl sites for hydroxylation is 1. The van der Waals surface area contributed by atoms with E-state index < -0.39 is 0 Å². The second-order valence-electron chi connectivity index (χ2n) is 6.82. The fourth-order valence-corrected chi connectivity index (χ4v) is 3.59. The number of halogens is 1. The summed E-state index contributed by atoms with van der Waals surface area (Å²) in [4.78, 5) is 22.0. The van der Waals surface area contributed by atoms with Crippen molar-refractivity contribution in [3.05, 3.63) is 65.2 Å². The maximum Gasteiger partial charge on any atom is 0.270 e. The second-order valence-corrected chi connectivity index (χ2v) is 6.82. The first-order valence-electron chi connectivity index (χ1n) is 8.58. The topological polar surface area (TPSA) is 49.0 Å². The number of nitrogens with zero attached hydrogens (tertiary/aromatic N) is 2. The van der Waals surface area contributed by atoms with E-state index in [1.165, 1.54) is 6.07 Å². The number of hydrogen-bond acceptors (Lipinski definition) is 2. The minimum atomic E-state index is -0.167. The van der Waals surface area contributed by atoms with Crippen molar-refractivity contribution in [1.29, 1.82) is 0 Å².